The average molecular weight is 278 g/mol. The Labute approximate surface area is 113 Å². The molecule has 0 aromatic heterocycles. The van der Waals surface area contributed by atoms with Crippen LogP contribution >= 0.6 is 0 Å². The Morgan fingerprint density at radius 1 is 1.16 bits per heavy atom. The largest absolute Gasteiger partial charge is 0.301 e. The van der Waals surface area contributed by atoms with Gasteiger partial charge in [-0.15, -0.1) is 0 Å². The highest BCUT2D eigenvalue weighted by Gasteiger charge is 2.18. The van der Waals surface area contributed by atoms with Gasteiger partial charge >= 0.3 is 10.2 Å². The number of nitrogens with zero attached hydrogens (tertiary/aromatic N) is 3. The van der Waals surface area contributed by atoms with E-state index in [1.165, 1.54) is 22.5 Å². The Hall–Kier alpha value is -2.09. The maximum atomic E-state index is 12.0. The van der Waals surface area contributed by atoms with Crippen LogP contribution in [-0.4, -0.2) is 25.8 Å². The molecular weight excluding hydrogens is 264 g/mol. The number of nitriles is 2. The Balaban J connectivity index is 3.08. The fraction of sp³-hybridized carbons (Fsp3) is 0.333. The van der Waals surface area contributed by atoms with Gasteiger partial charge in [-0.2, -0.15) is 23.2 Å². The van der Waals surface area contributed by atoms with E-state index in [0.29, 0.717) is 13.1 Å². The van der Waals surface area contributed by atoms with E-state index >= 15 is 0 Å². The lowest BCUT2D eigenvalue weighted by Gasteiger charge is -2.19. The number of hydrogen-bond donors (Lipinski definition) is 1. The van der Waals surface area contributed by atoms with E-state index in [1.54, 1.807) is 13.8 Å². The predicted octanol–water partition coefficient (Wildman–Crippen LogP) is 1.43. The van der Waals surface area contributed by atoms with Crippen molar-refractivity contribution < 1.29 is 8.42 Å². The molecule has 19 heavy (non-hydrogen) atoms. The minimum Gasteiger partial charge on any atom is -0.271 e. The first-order valence-electron chi connectivity index (χ1n) is 5.70. The topological polar surface area (TPSA) is 97.0 Å². The smallest absolute Gasteiger partial charge is 0.271 e. The fourth-order valence-corrected chi connectivity index (χ4v) is 2.81. The molecule has 100 valence electrons. The number of anilines is 1. The Morgan fingerprint density at radius 3 is 2.21 bits per heavy atom. The van der Waals surface area contributed by atoms with Gasteiger partial charge in [0, 0.05) is 13.1 Å². The molecule has 0 fully saturated rings. The molecule has 0 saturated carbocycles. The number of rotatable bonds is 5. The molecule has 0 spiro atoms. The van der Waals surface area contributed by atoms with Gasteiger partial charge in [0.25, 0.3) is 0 Å². The Bertz CT molecular complexity index is 637. The van der Waals surface area contributed by atoms with E-state index in [9.17, 15) is 8.42 Å². The van der Waals surface area contributed by atoms with Crippen LogP contribution in [0.3, 0.4) is 0 Å². The second kappa shape index (κ2) is 6.19. The van der Waals surface area contributed by atoms with Crippen LogP contribution in [0.5, 0.6) is 0 Å². The molecule has 0 atom stereocenters. The third-order valence-corrected chi connectivity index (χ3v) is 4.24. The van der Waals surface area contributed by atoms with Crippen molar-refractivity contribution >= 4 is 15.9 Å². The van der Waals surface area contributed by atoms with Crippen molar-refractivity contribution in [2.24, 2.45) is 0 Å². The summed E-state index contributed by atoms with van der Waals surface area (Å²) in [5.41, 5.74) is 0.623. The van der Waals surface area contributed by atoms with Crippen LogP contribution in [0.2, 0.25) is 0 Å². The van der Waals surface area contributed by atoms with Gasteiger partial charge in [-0.3, -0.25) is 4.72 Å². The van der Waals surface area contributed by atoms with Crippen LogP contribution in [-0.2, 0) is 10.2 Å². The molecule has 0 heterocycles. The van der Waals surface area contributed by atoms with Gasteiger partial charge in [0.2, 0.25) is 0 Å². The molecule has 0 bridgehead atoms. The molecular formula is C12H14N4O2S. The molecule has 0 aliphatic carbocycles. The summed E-state index contributed by atoms with van der Waals surface area (Å²) in [4.78, 5) is 0. The first-order chi connectivity index (χ1) is 8.98. The zero-order valence-corrected chi connectivity index (χ0v) is 11.5. The maximum absolute atomic E-state index is 12.0. The summed E-state index contributed by atoms with van der Waals surface area (Å²) in [7, 11) is -3.63. The van der Waals surface area contributed by atoms with Crippen molar-refractivity contribution in [3.8, 4) is 12.1 Å². The van der Waals surface area contributed by atoms with Gasteiger partial charge in [0.1, 0.15) is 12.1 Å². The van der Waals surface area contributed by atoms with Crippen molar-refractivity contribution in [1.82, 2.24) is 4.31 Å². The van der Waals surface area contributed by atoms with Crippen molar-refractivity contribution in [3.05, 3.63) is 29.3 Å². The van der Waals surface area contributed by atoms with E-state index < -0.39 is 10.2 Å². The molecule has 0 aliphatic rings. The second-order valence-corrected chi connectivity index (χ2v) is 5.35. The van der Waals surface area contributed by atoms with Gasteiger partial charge in [-0.1, -0.05) is 13.8 Å². The molecule has 1 aromatic carbocycles. The summed E-state index contributed by atoms with van der Waals surface area (Å²) in [6, 6.07) is 7.95. The Morgan fingerprint density at radius 2 is 1.74 bits per heavy atom. The van der Waals surface area contributed by atoms with Crippen LogP contribution in [0.4, 0.5) is 5.69 Å². The summed E-state index contributed by atoms with van der Waals surface area (Å²) in [5, 5.41) is 17.7. The van der Waals surface area contributed by atoms with E-state index in [4.69, 9.17) is 10.5 Å². The average Bonchev–Trinajstić information content (AvgIpc) is 2.39. The van der Waals surface area contributed by atoms with Gasteiger partial charge < -0.3 is 0 Å². The molecule has 0 amide bonds. The normalized spacial score (nSPS) is 10.8. The van der Waals surface area contributed by atoms with Crippen LogP contribution in [0.1, 0.15) is 25.0 Å². The van der Waals surface area contributed by atoms with Gasteiger partial charge in [0.15, 0.2) is 0 Å². The molecule has 0 aliphatic heterocycles. The van der Waals surface area contributed by atoms with E-state index in [-0.39, 0.29) is 16.8 Å². The third kappa shape index (κ3) is 3.44. The van der Waals surface area contributed by atoms with Gasteiger partial charge in [-0.05, 0) is 18.2 Å². The Kier molecular flexibility index (Phi) is 4.87. The number of nitrogens with one attached hydrogen (secondary N) is 1. The van der Waals surface area contributed by atoms with E-state index in [1.807, 2.05) is 12.1 Å². The number of hydrogen-bond acceptors (Lipinski definition) is 4. The standard InChI is InChI=1S/C12H14N4O2S/c1-3-16(4-2)19(17,18)15-12-6-5-10(8-13)11(7-12)9-14/h5-7,15H,3-4H2,1-2H3. The minimum atomic E-state index is -3.63. The highest BCUT2D eigenvalue weighted by Crippen LogP contribution is 2.16. The summed E-state index contributed by atoms with van der Waals surface area (Å²) < 4.78 is 27.6. The predicted molar refractivity (Wildman–Crippen MR) is 71.3 cm³/mol. The third-order valence-electron chi connectivity index (χ3n) is 2.55. The molecule has 0 saturated heterocycles. The lowest BCUT2D eigenvalue weighted by atomic mass is 10.1. The zero-order valence-electron chi connectivity index (χ0n) is 10.7. The van der Waals surface area contributed by atoms with Gasteiger partial charge in [-0.25, -0.2) is 0 Å². The molecule has 1 aromatic rings. The fourth-order valence-electron chi connectivity index (χ4n) is 1.57. The summed E-state index contributed by atoms with van der Waals surface area (Å²) in [5.74, 6) is 0. The first-order valence-corrected chi connectivity index (χ1v) is 7.14. The second-order valence-electron chi connectivity index (χ2n) is 3.68. The first kappa shape index (κ1) is 15.0. The van der Waals surface area contributed by atoms with Crippen molar-refractivity contribution in [1.29, 1.82) is 10.5 Å². The molecule has 1 rings (SSSR count). The SMILES string of the molecule is CCN(CC)S(=O)(=O)Nc1ccc(C#N)c(C#N)c1. The number of benzene rings is 1. The highest BCUT2D eigenvalue weighted by atomic mass is 32.2. The van der Waals surface area contributed by atoms with Crippen molar-refractivity contribution in [3.63, 3.8) is 0 Å². The summed E-state index contributed by atoms with van der Waals surface area (Å²) >= 11 is 0. The van der Waals surface area contributed by atoms with E-state index in [2.05, 4.69) is 4.72 Å². The molecule has 1 N–H and O–H groups in total. The summed E-state index contributed by atoms with van der Waals surface area (Å²) in [6.45, 7) is 4.19. The van der Waals surface area contributed by atoms with Crippen molar-refractivity contribution in [2.75, 3.05) is 17.8 Å². The molecule has 7 heteroatoms. The lowest BCUT2D eigenvalue weighted by Crippen LogP contribution is -2.35. The van der Waals surface area contributed by atoms with Crippen LogP contribution in [0, 0.1) is 22.7 Å². The van der Waals surface area contributed by atoms with Crippen LogP contribution in [0.25, 0.3) is 0 Å². The molecule has 6 nitrogen and oxygen atoms in total. The van der Waals surface area contributed by atoms with E-state index in [0.717, 1.165) is 0 Å². The quantitative estimate of drug-likeness (QED) is 0.881. The van der Waals surface area contributed by atoms with Crippen LogP contribution in [0.15, 0.2) is 18.2 Å². The van der Waals surface area contributed by atoms with Crippen molar-refractivity contribution in [2.45, 2.75) is 13.8 Å². The lowest BCUT2D eigenvalue weighted by molar-refractivity contribution is 0.449. The van der Waals surface area contributed by atoms with Gasteiger partial charge in [0.05, 0.1) is 16.8 Å². The monoisotopic (exact) mass is 278 g/mol. The highest BCUT2D eigenvalue weighted by molar-refractivity contribution is 7.90. The minimum absolute atomic E-state index is 0.141. The molecule has 0 radical (unpaired) electrons. The molecule has 0 unspecified atom stereocenters. The maximum Gasteiger partial charge on any atom is 0.301 e. The summed E-state index contributed by atoms with van der Waals surface area (Å²) in [6.07, 6.45) is 0. The van der Waals surface area contributed by atoms with Crippen LogP contribution < -0.4 is 4.72 Å². The zero-order chi connectivity index (χ0) is 14.5.